The second kappa shape index (κ2) is 11.3. The van der Waals surface area contributed by atoms with E-state index in [0.29, 0.717) is 19.5 Å². The SMILES string of the molecule is CSc1ccccc1NC(=O)CN(C)CCCCC(=O)O.Cl. The first kappa shape index (κ1) is 20.8. The van der Waals surface area contributed by atoms with Gasteiger partial charge in [-0.25, -0.2) is 0 Å². The summed E-state index contributed by atoms with van der Waals surface area (Å²) < 4.78 is 0. The third-order valence-corrected chi connectivity index (χ3v) is 3.77. The Labute approximate surface area is 141 Å². The van der Waals surface area contributed by atoms with E-state index in [1.165, 1.54) is 0 Å². The van der Waals surface area contributed by atoms with Crippen LogP contribution in [-0.2, 0) is 9.59 Å². The van der Waals surface area contributed by atoms with Crippen molar-refractivity contribution in [1.82, 2.24) is 4.90 Å². The largest absolute Gasteiger partial charge is 0.481 e. The molecule has 0 atom stereocenters. The quantitative estimate of drug-likeness (QED) is 0.531. The van der Waals surface area contributed by atoms with Gasteiger partial charge in [0.2, 0.25) is 5.91 Å². The van der Waals surface area contributed by atoms with Crippen molar-refractivity contribution in [2.45, 2.75) is 24.2 Å². The zero-order valence-electron chi connectivity index (χ0n) is 12.9. The van der Waals surface area contributed by atoms with Crippen LogP contribution < -0.4 is 5.32 Å². The summed E-state index contributed by atoms with van der Waals surface area (Å²) in [6.45, 7) is 1.01. The number of nitrogens with one attached hydrogen (secondary N) is 1. The molecular formula is C15H23ClN2O3S. The van der Waals surface area contributed by atoms with Crippen molar-refractivity contribution in [2.24, 2.45) is 0 Å². The Kier molecular flexibility index (Phi) is 10.7. The topological polar surface area (TPSA) is 69.6 Å². The number of carbonyl (C=O) groups excluding carboxylic acids is 1. The van der Waals surface area contributed by atoms with Crippen LogP contribution in [0.25, 0.3) is 0 Å². The number of likely N-dealkylation sites (N-methyl/N-ethyl adjacent to an activating group) is 1. The summed E-state index contributed by atoms with van der Waals surface area (Å²) in [6.07, 6.45) is 3.56. The van der Waals surface area contributed by atoms with E-state index < -0.39 is 5.97 Å². The summed E-state index contributed by atoms with van der Waals surface area (Å²) in [5.41, 5.74) is 0.828. The molecule has 0 spiro atoms. The number of hydrogen-bond acceptors (Lipinski definition) is 4. The average molecular weight is 347 g/mol. The fraction of sp³-hybridized carbons (Fsp3) is 0.467. The van der Waals surface area contributed by atoms with E-state index in [2.05, 4.69) is 5.32 Å². The summed E-state index contributed by atoms with van der Waals surface area (Å²) in [5, 5.41) is 11.5. The smallest absolute Gasteiger partial charge is 0.303 e. The third-order valence-electron chi connectivity index (χ3n) is 2.98. The maximum Gasteiger partial charge on any atom is 0.303 e. The monoisotopic (exact) mass is 346 g/mol. The number of benzene rings is 1. The molecule has 0 saturated heterocycles. The highest BCUT2D eigenvalue weighted by molar-refractivity contribution is 7.98. The highest BCUT2D eigenvalue weighted by atomic mass is 35.5. The lowest BCUT2D eigenvalue weighted by atomic mass is 10.2. The van der Waals surface area contributed by atoms with Crippen LogP contribution in [0.15, 0.2) is 29.2 Å². The van der Waals surface area contributed by atoms with Crippen molar-refractivity contribution in [1.29, 1.82) is 0 Å². The van der Waals surface area contributed by atoms with E-state index >= 15 is 0 Å². The Balaban J connectivity index is 0.00000441. The molecule has 1 amide bonds. The second-order valence-corrected chi connectivity index (χ2v) is 5.69. The number of para-hydroxylation sites is 1. The van der Waals surface area contributed by atoms with Gasteiger partial charge in [-0.3, -0.25) is 14.5 Å². The molecule has 0 saturated carbocycles. The number of nitrogens with zero attached hydrogens (tertiary/aromatic N) is 1. The van der Waals surface area contributed by atoms with E-state index in [1.54, 1.807) is 11.8 Å². The summed E-state index contributed by atoms with van der Waals surface area (Å²) >= 11 is 1.59. The Hall–Kier alpha value is -1.24. The number of carbonyl (C=O) groups is 2. The van der Waals surface area contributed by atoms with Crippen LogP contribution in [0.5, 0.6) is 0 Å². The van der Waals surface area contributed by atoms with E-state index in [4.69, 9.17) is 5.11 Å². The number of thioether (sulfide) groups is 1. The van der Waals surface area contributed by atoms with Crippen LogP contribution >= 0.6 is 24.2 Å². The summed E-state index contributed by atoms with van der Waals surface area (Å²) in [4.78, 5) is 25.3. The molecule has 0 bridgehead atoms. The molecule has 0 aliphatic rings. The van der Waals surface area contributed by atoms with Gasteiger partial charge in [0.05, 0.1) is 12.2 Å². The van der Waals surface area contributed by atoms with Gasteiger partial charge < -0.3 is 10.4 Å². The van der Waals surface area contributed by atoms with Gasteiger partial charge >= 0.3 is 5.97 Å². The molecule has 22 heavy (non-hydrogen) atoms. The Morgan fingerprint density at radius 1 is 1.27 bits per heavy atom. The zero-order valence-corrected chi connectivity index (χ0v) is 14.5. The van der Waals surface area contributed by atoms with Gasteiger partial charge in [-0.2, -0.15) is 0 Å². The van der Waals surface area contributed by atoms with Crippen LogP contribution in [0.3, 0.4) is 0 Å². The predicted molar refractivity (Wildman–Crippen MR) is 93.1 cm³/mol. The van der Waals surface area contributed by atoms with Gasteiger partial charge in [-0.1, -0.05) is 12.1 Å². The first-order valence-electron chi connectivity index (χ1n) is 6.86. The number of halogens is 1. The molecule has 2 N–H and O–H groups in total. The minimum Gasteiger partial charge on any atom is -0.481 e. The molecule has 0 fully saturated rings. The van der Waals surface area contributed by atoms with Gasteiger partial charge in [-0.15, -0.1) is 24.2 Å². The lowest BCUT2D eigenvalue weighted by Gasteiger charge is -2.16. The number of carboxylic acids is 1. The van der Waals surface area contributed by atoms with Crippen molar-refractivity contribution in [3.8, 4) is 0 Å². The molecule has 0 aliphatic heterocycles. The highest BCUT2D eigenvalue weighted by Crippen LogP contribution is 2.24. The fourth-order valence-electron chi connectivity index (χ4n) is 1.92. The zero-order chi connectivity index (χ0) is 15.7. The molecule has 0 radical (unpaired) electrons. The molecule has 0 aromatic heterocycles. The van der Waals surface area contributed by atoms with Gasteiger partial charge in [0.15, 0.2) is 0 Å². The van der Waals surface area contributed by atoms with Gasteiger partial charge in [0.1, 0.15) is 0 Å². The first-order chi connectivity index (χ1) is 10.0. The van der Waals surface area contributed by atoms with Crippen LogP contribution in [0.1, 0.15) is 19.3 Å². The van der Waals surface area contributed by atoms with Crippen LogP contribution in [0.2, 0.25) is 0 Å². The third kappa shape index (κ3) is 8.26. The van der Waals surface area contributed by atoms with E-state index in [-0.39, 0.29) is 24.7 Å². The van der Waals surface area contributed by atoms with Crippen molar-refractivity contribution in [3.05, 3.63) is 24.3 Å². The van der Waals surface area contributed by atoms with E-state index in [9.17, 15) is 9.59 Å². The standard InChI is InChI=1S/C15H22N2O3S.ClH/c1-17(10-6-5-9-15(19)20)11-14(18)16-12-7-3-4-8-13(12)21-2;/h3-4,7-8H,5-6,9-11H2,1-2H3,(H,16,18)(H,19,20);1H. The Bertz CT molecular complexity index is 486. The lowest BCUT2D eigenvalue weighted by Crippen LogP contribution is -2.31. The Morgan fingerprint density at radius 3 is 2.59 bits per heavy atom. The normalized spacial score (nSPS) is 10.1. The fourth-order valence-corrected chi connectivity index (χ4v) is 2.47. The number of amides is 1. The Morgan fingerprint density at radius 2 is 1.95 bits per heavy atom. The van der Waals surface area contributed by atoms with Crippen molar-refractivity contribution < 1.29 is 14.7 Å². The van der Waals surface area contributed by atoms with Crippen molar-refractivity contribution in [2.75, 3.05) is 31.7 Å². The predicted octanol–water partition coefficient (Wildman–Crippen LogP) is 2.96. The summed E-state index contributed by atoms with van der Waals surface area (Å²) in [7, 11) is 1.86. The number of hydrogen-bond donors (Lipinski definition) is 2. The van der Waals surface area contributed by atoms with Gasteiger partial charge in [0.25, 0.3) is 0 Å². The van der Waals surface area contributed by atoms with Gasteiger partial charge in [-0.05, 0) is 44.8 Å². The molecular weight excluding hydrogens is 324 g/mol. The number of aliphatic carboxylic acids is 1. The minimum absolute atomic E-state index is 0. The van der Waals surface area contributed by atoms with Gasteiger partial charge in [0, 0.05) is 11.3 Å². The first-order valence-corrected chi connectivity index (χ1v) is 8.08. The highest BCUT2D eigenvalue weighted by Gasteiger charge is 2.09. The molecule has 124 valence electrons. The van der Waals surface area contributed by atoms with E-state index in [0.717, 1.165) is 17.0 Å². The molecule has 0 aliphatic carbocycles. The molecule has 0 unspecified atom stereocenters. The number of carboxylic acid groups (broad SMARTS) is 1. The molecule has 1 rings (SSSR count). The molecule has 7 heteroatoms. The number of anilines is 1. The summed E-state index contributed by atoms with van der Waals surface area (Å²) in [5.74, 6) is -0.832. The molecule has 5 nitrogen and oxygen atoms in total. The number of unbranched alkanes of at least 4 members (excludes halogenated alkanes) is 1. The second-order valence-electron chi connectivity index (χ2n) is 4.84. The lowest BCUT2D eigenvalue weighted by molar-refractivity contribution is -0.137. The minimum atomic E-state index is -0.774. The van der Waals surface area contributed by atoms with E-state index in [1.807, 2.05) is 42.5 Å². The average Bonchev–Trinajstić information content (AvgIpc) is 2.44. The van der Waals surface area contributed by atoms with Crippen LogP contribution in [0.4, 0.5) is 5.69 Å². The molecule has 1 aromatic carbocycles. The van der Waals surface area contributed by atoms with Crippen molar-refractivity contribution in [3.63, 3.8) is 0 Å². The van der Waals surface area contributed by atoms with Crippen LogP contribution in [-0.4, -0.2) is 48.3 Å². The summed E-state index contributed by atoms with van der Waals surface area (Å²) in [6, 6.07) is 7.69. The maximum absolute atomic E-state index is 12.0. The van der Waals surface area contributed by atoms with Crippen LogP contribution in [0, 0.1) is 0 Å². The maximum atomic E-state index is 12.0. The molecule has 1 aromatic rings. The van der Waals surface area contributed by atoms with Crippen molar-refractivity contribution >= 4 is 41.7 Å². The molecule has 0 heterocycles. The number of rotatable bonds is 9.